The van der Waals surface area contributed by atoms with Crippen molar-refractivity contribution in [2.75, 3.05) is 0 Å². The van der Waals surface area contributed by atoms with E-state index in [4.69, 9.17) is 4.43 Å². The van der Waals surface area contributed by atoms with Crippen LogP contribution in [0.2, 0.25) is 11.6 Å². The van der Waals surface area contributed by atoms with E-state index in [1.54, 1.807) is 6.07 Å². The Balaban J connectivity index is 2.27. The van der Waals surface area contributed by atoms with Crippen LogP contribution in [0, 0.1) is 29.3 Å². The molecule has 0 bridgehead atoms. The highest BCUT2D eigenvalue weighted by atomic mass is 28.4. The van der Waals surface area contributed by atoms with Crippen molar-refractivity contribution in [2.45, 2.75) is 83.3 Å². The van der Waals surface area contributed by atoms with Crippen molar-refractivity contribution in [1.29, 1.82) is 0 Å². The van der Waals surface area contributed by atoms with Crippen LogP contribution in [0.4, 0.5) is 17.6 Å². The molecule has 1 atom stereocenters. The van der Waals surface area contributed by atoms with Gasteiger partial charge in [0.25, 0.3) is 8.32 Å². The Morgan fingerprint density at radius 2 is 1.45 bits per heavy atom. The quantitative estimate of drug-likeness (QED) is 0.0974. The van der Waals surface area contributed by atoms with Crippen molar-refractivity contribution in [3.05, 3.63) is 65.2 Å². The number of halogens is 4. The number of hydrogen-bond donors (Lipinski definition) is 0. The number of unbranched alkanes of at least 4 members (excludes halogenated alkanes) is 6. The van der Waals surface area contributed by atoms with Crippen molar-refractivity contribution < 1.29 is 22.0 Å². The summed E-state index contributed by atoms with van der Waals surface area (Å²) in [7, 11) is -2.82. The van der Waals surface area contributed by atoms with Crippen LogP contribution in [-0.2, 0) is 6.04 Å². The Morgan fingerprint density at radius 3 is 2.06 bits per heavy atom. The zero-order valence-electron chi connectivity index (χ0n) is 18.7. The first-order valence-electron chi connectivity index (χ1n) is 11.3. The lowest BCUT2D eigenvalue weighted by Crippen LogP contribution is -2.48. The average molecular weight is 454 g/mol. The minimum atomic E-state index is -2.82. The maximum absolute atomic E-state index is 14.4. The Labute approximate surface area is 185 Å². The summed E-state index contributed by atoms with van der Waals surface area (Å²) in [6.45, 7) is 6.14. The summed E-state index contributed by atoms with van der Waals surface area (Å²) in [4.78, 5) is 0. The molecule has 171 valence electrons. The Kier molecular flexibility index (Phi) is 10.1. The van der Waals surface area contributed by atoms with Gasteiger partial charge in [-0.1, -0.05) is 96.0 Å². The predicted molar refractivity (Wildman–Crippen MR) is 120 cm³/mol. The molecular weight excluding hydrogens is 420 g/mol. The fourth-order valence-electron chi connectivity index (χ4n) is 3.90. The minimum absolute atomic E-state index is 0.0136. The van der Waals surface area contributed by atoms with Crippen LogP contribution in [0.3, 0.4) is 0 Å². The summed E-state index contributed by atoms with van der Waals surface area (Å²) >= 11 is 0. The highest BCUT2D eigenvalue weighted by Crippen LogP contribution is 2.37. The number of benzene rings is 2. The average Bonchev–Trinajstić information content (AvgIpc) is 2.75. The summed E-state index contributed by atoms with van der Waals surface area (Å²) in [6.07, 6.45) is 7.80. The van der Waals surface area contributed by atoms with Gasteiger partial charge in [0.05, 0.1) is 6.07 Å². The highest BCUT2D eigenvalue weighted by molar-refractivity contribution is 6.75. The van der Waals surface area contributed by atoms with Gasteiger partial charge in [-0.3, -0.25) is 0 Å². The fourth-order valence-corrected chi connectivity index (χ4v) is 7.84. The molecule has 0 N–H and O–H groups in total. The first-order chi connectivity index (χ1) is 14.8. The van der Waals surface area contributed by atoms with E-state index >= 15 is 0 Å². The van der Waals surface area contributed by atoms with E-state index in [0.717, 1.165) is 24.8 Å². The lowest BCUT2D eigenvalue weighted by Gasteiger charge is -2.36. The molecule has 6 heteroatoms. The standard InChI is InChI=1S/C25H33F4OSi/c1-4-5-6-7-8-9-13-16-31(19(2)3,18-20-14-11-10-12-15-20)30-25-22(27)17-21(26)23(28)24(25)29/h10-12,14-15,19H,4-9,13,16,18H2,1-3H3. The summed E-state index contributed by atoms with van der Waals surface area (Å²) in [5, 5.41) is 0. The Morgan fingerprint density at radius 1 is 0.839 bits per heavy atom. The third-order valence-corrected chi connectivity index (χ3v) is 10.8. The van der Waals surface area contributed by atoms with Crippen LogP contribution < -0.4 is 4.43 Å². The van der Waals surface area contributed by atoms with Crippen molar-refractivity contribution >= 4 is 8.32 Å². The maximum Gasteiger partial charge on any atom is 0.258 e. The molecule has 1 radical (unpaired) electrons. The van der Waals surface area contributed by atoms with Crippen molar-refractivity contribution in [3.63, 3.8) is 0 Å². The monoisotopic (exact) mass is 453 g/mol. The smallest absolute Gasteiger partial charge is 0.258 e. The van der Waals surface area contributed by atoms with E-state index in [9.17, 15) is 17.6 Å². The van der Waals surface area contributed by atoms with Crippen LogP contribution >= 0.6 is 0 Å². The SMILES string of the molecule is CCCCCCCCC[Si](Cc1ccccc1)(Oc1c(F)[c]c(F)c(F)c1F)C(C)C. The molecule has 0 amide bonds. The Bertz CT molecular complexity index is 813. The molecule has 0 fully saturated rings. The van der Waals surface area contributed by atoms with Crippen LogP contribution in [0.15, 0.2) is 30.3 Å². The fraction of sp³-hybridized carbons (Fsp3) is 0.520. The number of hydrogen-bond acceptors (Lipinski definition) is 1. The topological polar surface area (TPSA) is 9.23 Å². The molecule has 0 aliphatic heterocycles. The van der Waals surface area contributed by atoms with Gasteiger partial charge >= 0.3 is 0 Å². The van der Waals surface area contributed by atoms with Gasteiger partial charge in [-0.25, -0.2) is 13.2 Å². The summed E-state index contributed by atoms with van der Waals surface area (Å²) in [5.74, 6) is -7.19. The second-order valence-corrected chi connectivity index (χ2v) is 12.9. The molecule has 0 aliphatic rings. The predicted octanol–water partition coefficient (Wildman–Crippen LogP) is 8.31. The van der Waals surface area contributed by atoms with Crippen LogP contribution in [0.25, 0.3) is 0 Å². The first-order valence-corrected chi connectivity index (χ1v) is 13.7. The minimum Gasteiger partial charge on any atom is -0.539 e. The van der Waals surface area contributed by atoms with Gasteiger partial charge in [0.15, 0.2) is 23.2 Å². The van der Waals surface area contributed by atoms with Crippen molar-refractivity contribution in [2.24, 2.45) is 0 Å². The molecule has 2 rings (SSSR count). The maximum atomic E-state index is 14.4. The molecule has 1 nitrogen and oxygen atoms in total. The van der Waals surface area contributed by atoms with E-state index in [2.05, 4.69) is 6.92 Å². The molecule has 0 aliphatic carbocycles. The Hall–Kier alpha value is -1.82. The molecule has 0 saturated carbocycles. The summed E-state index contributed by atoms with van der Waals surface area (Å²) < 4.78 is 62.1. The highest BCUT2D eigenvalue weighted by Gasteiger charge is 2.42. The molecule has 2 aromatic rings. The van der Waals surface area contributed by atoms with E-state index in [-0.39, 0.29) is 5.54 Å². The summed E-state index contributed by atoms with van der Waals surface area (Å²) in [5.41, 5.74) is 1.03. The summed E-state index contributed by atoms with van der Waals surface area (Å²) in [6, 6.07) is 12.5. The van der Waals surface area contributed by atoms with Crippen molar-refractivity contribution in [1.82, 2.24) is 0 Å². The second kappa shape index (κ2) is 12.3. The van der Waals surface area contributed by atoms with E-state index in [1.165, 1.54) is 25.7 Å². The van der Waals surface area contributed by atoms with Gasteiger partial charge in [-0.2, -0.15) is 4.39 Å². The third-order valence-electron chi connectivity index (χ3n) is 5.91. The van der Waals surface area contributed by atoms with Crippen LogP contribution in [-0.4, -0.2) is 8.32 Å². The van der Waals surface area contributed by atoms with E-state index in [0.29, 0.717) is 12.1 Å². The normalized spacial score (nSPS) is 13.4. The molecule has 0 spiro atoms. The van der Waals surface area contributed by atoms with Crippen LogP contribution in [0.5, 0.6) is 5.75 Å². The zero-order valence-corrected chi connectivity index (χ0v) is 19.7. The van der Waals surface area contributed by atoms with E-state index in [1.807, 2.05) is 44.2 Å². The van der Waals surface area contributed by atoms with Gasteiger partial charge in [0, 0.05) is 6.04 Å². The molecule has 0 aromatic heterocycles. The van der Waals surface area contributed by atoms with Crippen LogP contribution in [0.1, 0.15) is 71.3 Å². The molecule has 0 saturated heterocycles. The first kappa shape index (κ1) is 25.4. The van der Waals surface area contributed by atoms with Gasteiger partial charge in [-0.05, 0) is 17.1 Å². The lowest BCUT2D eigenvalue weighted by molar-refractivity contribution is 0.378. The third kappa shape index (κ3) is 7.09. The van der Waals surface area contributed by atoms with Gasteiger partial charge < -0.3 is 4.43 Å². The molecule has 2 aromatic carbocycles. The van der Waals surface area contributed by atoms with Gasteiger partial charge in [0.1, 0.15) is 0 Å². The van der Waals surface area contributed by atoms with Gasteiger partial charge in [0.2, 0.25) is 5.82 Å². The molecule has 31 heavy (non-hydrogen) atoms. The second-order valence-electron chi connectivity index (χ2n) is 8.57. The molecule has 0 heterocycles. The number of rotatable bonds is 13. The van der Waals surface area contributed by atoms with E-state index < -0.39 is 37.3 Å². The zero-order chi connectivity index (χ0) is 22.9. The molecular formula is C25H33F4OSi. The van der Waals surface area contributed by atoms with Crippen molar-refractivity contribution in [3.8, 4) is 5.75 Å². The van der Waals surface area contributed by atoms with Gasteiger partial charge in [-0.15, -0.1) is 0 Å². The molecule has 1 unspecified atom stereocenters. The lowest BCUT2D eigenvalue weighted by atomic mass is 10.1. The largest absolute Gasteiger partial charge is 0.539 e.